The molecule has 4 heteroatoms. The summed E-state index contributed by atoms with van der Waals surface area (Å²) in [6, 6.07) is 6.22. The van der Waals surface area contributed by atoms with Crippen LogP contribution in [0.25, 0.3) is 0 Å². The van der Waals surface area contributed by atoms with E-state index in [0.29, 0.717) is 5.92 Å². The molecule has 0 N–H and O–H groups in total. The number of hydrogen-bond acceptors (Lipinski definition) is 4. The van der Waals surface area contributed by atoms with Gasteiger partial charge in [0, 0.05) is 29.9 Å². The predicted octanol–water partition coefficient (Wildman–Crippen LogP) is 3.58. The van der Waals surface area contributed by atoms with E-state index in [2.05, 4.69) is 37.3 Å². The molecule has 0 heterocycles. The van der Waals surface area contributed by atoms with Gasteiger partial charge >= 0.3 is 5.97 Å². The average molecular weight is 340 g/mol. The number of hydrogen-bond donors (Lipinski definition) is 0. The van der Waals surface area contributed by atoms with Crippen molar-refractivity contribution in [3.8, 4) is 5.75 Å². The van der Waals surface area contributed by atoms with Crippen LogP contribution in [0.5, 0.6) is 5.75 Å². The molecule has 3 aliphatic rings. The molecule has 1 aromatic rings. The van der Waals surface area contributed by atoms with Crippen LogP contribution >= 0.6 is 0 Å². The van der Waals surface area contributed by atoms with Gasteiger partial charge in [-0.2, -0.15) is 0 Å². The normalized spacial score (nSPS) is 34.8. The average Bonchev–Trinajstić information content (AvgIpc) is 3.16. The smallest absolute Gasteiger partial charge is 0.334 e. The topological polar surface area (TPSA) is 44.8 Å². The summed E-state index contributed by atoms with van der Waals surface area (Å²) in [5.41, 5.74) is 2.94. The van der Waals surface area contributed by atoms with E-state index < -0.39 is 0 Å². The first-order chi connectivity index (χ1) is 12.1. The number of rotatable bonds is 3. The fourth-order valence-electron chi connectivity index (χ4n) is 5.22. The van der Waals surface area contributed by atoms with Crippen LogP contribution in [0.4, 0.5) is 0 Å². The Kier molecular flexibility index (Phi) is 3.76. The first-order valence-corrected chi connectivity index (χ1v) is 8.77. The molecular formula is C21H24O4. The predicted molar refractivity (Wildman–Crippen MR) is 94.4 cm³/mol. The SMILES string of the molecule is COC(=O)C1=C[C@@]2(c3ccc(OC)cc3[C@@H](OC)[C@@H]2C)[C@H]2C=C[C@@H]1C2. The van der Waals surface area contributed by atoms with Gasteiger partial charge < -0.3 is 14.2 Å². The van der Waals surface area contributed by atoms with E-state index in [-0.39, 0.29) is 29.3 Å². The molecule has 4 nitrogen and oxygen atoms in total. The second kappa shape index (κ2) is 5.73. The minimum absolute atomic E-state index is 0.0224. The summed E-state index contributed by atoms with van der Waals surface area (Å²) in [6.07, 6.45) is 7.54. The molecule has 3 aliphatic carbocycles. The highest BCUT2D eigenvalue weighted by Crippen LogP contribution is 2.61. The van der Waals surface area contributed by atoms with Gasteiger partial charge in [-0.15, -0.1) is 0 Å². The Morgan fingerprint density at radius 1 is 1.20 bits per heavy atom. The summed E-state index contributed by atoms with van der Waals surface area (Å²) in [5, 5.41) is 0. The number of benzene rings is 1. The van der Waals surface area contributed by atoms with E-state index in [1.54, 1.807) is 14.2 Å². The van der Waals surface area contributed by atoms with Crippen LogP contribution in [0, 0.1) is 17.8 Å². The molecule has 0 unspecified atom stereocenters. The van der Waals surface area contributed by atoms with E-state index in [4.69, 9.17) is 14.2 Å². The van der Waals surface area contributed by atoms with Crippen LogP contribution in [0.2, 0.25) is 0 Å². The lowest BCUT2D eigenvalue weighted by atomic mass is 9.61. The molecule has 0 aliphatic heterocycles. The van der Waals surface area contributed by atoms with Gasteiger partial charge in [0.15, 0.2) is 0 Å². The largest absolute Gasteiger partial charge is 0.497 e. The number of carbonyl (C=O) groups is 1. The Morgan fingerprint density at radius 3 is 2.68 bits per heavy atom. The number of allylic oxidation sites excluding steroid dienone is 3. The third-order valence-corrected chi connectivity index (χ3v) is 6.41. The van der Waals surface area contributed by atoms with Gasteiger partial charge in [-0.05, 0) is 35.6 Å². The summed E-state index contributed by atoms with van der Waals surface area (Å²) in [7, 11) is 4.89. The van der Waals surface area contributed by atoms with Crippen molar-refractivity contribution in [1.82, 2.24) is 0 Å². The third kappa shape index (κ3) is 2.07. The molecule has 5 atom stereocenters. The van der Waals surface area contributed by atoms with Crippen LogP contribution in [-0.4, -0.2) is 27.3 Å². The minimum atomic E-state index is -0.241. The lowest BCUT2D eigenvalue weighted by molar-refractivity contribution is -0.136. The molecule has 4 rings (SSSR count). The summed E-state index contributed by atoms with van der Waals surface area (Å²) in [6.45, 7) is 2.22. The molecule has 0 radical (unpaired) electrons. The highest BCUT2D eigenvalue weighted by atomic mass is 16.5. The molecule has 1 aromatic carbocycles. The van der Waals surface area contributed by atoms with Crippen molar-refractivity contribution in [2.75, 3.05) is 21.3 Å². The zero-order chi connectivity index (χ0) is 17.8. The zero-order valence-electron chi connectivity index (χ0n) is 15.1. The Hall–Kier alpha value is -2.07. The van der Waals surface area contributed by atoms with Gasteiger partial charge in [0.2, 0.25) is 0 Å². The van der Waals surface area contributed by atoms with Crippen LogP contribution < -0.4 is 4.74 Å². The van der Waals surface area contributed by atoms with E-state index >= 15 is 0 Å². The van der Waals surface area contributed by atoms with Crippen molar-refractivity contribution in [3.63, 3.8) is 0 Å². The van der Waals surface area contributed by atoms with Crippen LogP contribution in [0.1, 0.15) is 30.6 Å². The molecule has 0 saturated carbocycles. The van der Waals surface area contributed by atoms with E-state index in [0.717, 1.165) is 23.3 Å². The van der Waals surface area contributed by atoms with Gasteiger partial charge in [0.25, 0.3) is 0 Å². The van der Waals surface area contributed by atoms with Gasteiger partial charge in [-0.25, -0.2) is 4.79 Å². The molecule has 2 bridgehead atoms. The van der Waals surface area contributed by atoms with E-state index in [1.165, 1.54) is 12.7 Å². The van der Waals surface area contributed by atoms with Gasteiger partial charge in [-0.1, -0.05) is 31.2 Å². The van der Waals surface area contributed by atoms with Gasteiger partial charge in [0.05, 0.1) is 20.3 Å². The van der Waals surface area contributed by atoms with E-state index in [9.17, 15) is 4.79 Å². The molecule has 0 saturated heterocycles. The monoisotopic (exact) mass is 340 g/mol. The molecule has 0 aromatic heterocycles. The van der Waals surface area contributed by atoms with Crippen molar-refractivity contribution in [1.29, 1.82) is 0 Å². The first-order valence-electron chi connectivity index (χ1n) is 8.77. The molecule has 132 valence electrons. The number of esters is 1. The number of fused-ring (bicyclic) bond motifs is 5. The fraction of sp³-hybridized carbons (Fsp3) is 0.476. The summed E-state index contributed by atoms with van der Waals surface area (Å²) < 4.78 is 16.4. The van der Waals surface area contributed by atoms with Crippen molar-refractivity contribution >= 4 is 5.97 Å². The summed E-state index contributed by atoms with van der Waals surface area (Å²) in [4.78, 5) is 12.4. The number of methoxy groups -OCH3 is 3. The number of carbonyl (C=O) groups excluding carboxylic acids is 1. The fourth-order valence-corrected chi connectivity index (χ4v) is 5.22. The Bertz CT molecular complexity index is 778. The van der Waals surface area contributed by atoms with Crippen LogP contribution in [-0.2, 0) is 19.7 Å². The van der Waals surface area contributed by atoms with Gasteiger partial charge in [-0.3, -0.25) is 0 Å². The molecule has 0 fully saturated rings. The molecule has 1 spiro atoms. The highest BCUT2D eigenvalue weighted by molar-refractivity contribution is 5.90. The lowest BCUT2D eigenvalue weighted by Gasteiger charge is -2.42. The van der Waals surface area contributed by atoms with Crippen molar-refractivity contribution in [2.24, 2.45) is 17.8 Å². The number of ether oxygens (including phenoxy) is 3. The standard InChI is InChI=1S/C21H24O4/c1-12-19(24-3)16-10-15(23-2)7-8-18(16)21(12)11-17(20(22)25-4)13-5-6-14(21)9-13/h5-8,10-14,19H,9H2,1-4H3/t12-,13+,14-,19-,21-/m0/s1. The van der Waals surface area contributed by atoms with Crippen molar-refractivity contribution in [3.05, 3.63) is 53.1 Å². The zero-order valence-corrected chi connectivity index (χ0v) is 15.1. The Morgan fingerprint density at radius 2 is 2.00 bits per heavy atom. The summed E-state index contributed by atoms with van der Waals surface area (Å²) in [5.74, 6) is 1.36. The lowest BCUT2D eigenvalue weighted by Crippen LogP contribution is -2.40. The second-order valence-corrected chi connectivity index (χ2v) is 7.26. The highest BCUT2D eigenvalue weighted by Gasteiger charge is 2.56. The maximum atomic E-state index is 12.4. The molecule has 25 heavy (non-hydrogen) atoms. The molecular weight excluding hydrogens is 316 g/mol. The minimum Gasteiger partial charge on any atom is -0.497 e. The first kappa shape index (κ1) is 16.4. The molecule has 0 amide bonds. The maximum Gasteiger partial charge on any atom is 0.334 e. The quantitative estimate of drug-likeness (QED) is 0.623. The van der Waals surface area contributed by atoms with Crippen molar-refractivity contribution in [2.45, 2.75) is 24.9 Å². The van der Waals surface area contributed by atoms with Crippen molar-refractivity contribution < 1.29 is 19.0 Å². The second-order valence-electron chi connectivity index (χ2n) is 7.26. The van der Waals surface area contributed by atoms with Gasteiger partial charge in [0.1, 0.15) is 5.75 Å². The summed E-state index contributed by atoms with van der Waals surface area (Å²) >= 11 is 0. The Balaban J connectivity index is 1.95. The Labute approximate surface area is 148 Å². The van der Waals surface area contributed by atoms with Crippen LogP contribution in [0.3, 0.4) is 0 Å². The third-order valence-electron chi connectivity index (χ3n) is 6.41. The maximum absolute atomic E-state index is 12.4. The van der Waals surface area contributed by atoms with E-state index in [1.807, 2.05) is 6.07 Å². The van der Waals surface area contributed by atoms with Crippen LogP contribution in [0.15, 0.2) is 42.0 Å².